The van der Waals surface area contributed by atoms with Crippen LogP contribution in [0.3, 0.4) is 0 Å². The maximum Gasteiger partial charge on any atom is 0.0883 e. The van der Waals surface area contributed by atoms with Gasteiger partial charge in [-0.1, -0.05) is 33.8 Å². The van der Waals surface area contributed by atoms with Crippen molar-refractivity contribution in [1.82, 2.24) is 0 Å². The van der Waals surface area contributed by atoms with E-state index in [2.05, 4.69) is 31.8 Å². The van der Waals surface area contributed by atoms with Crippen LogP contribution in [0.15, 0.2) is 28.4 Å². The van der Waals surface area contributed by atoms with Gasteiger partial charge in [-0.3, -0.25) is 4.99 Å². The molecule has 0 radical (unpaired) electrons. The summed E-state index contributed by atoms with van der Waals surface area (Å²) in [6, 6.07) is 0. The maximum atomic E-state index is 5.21. The Morgan fingerprint density at radius 1 is 1.33 bits per heavy atom. The summed E-state index contributed by atoms with van der Waals surface area (Å²) in [5.41, 5.74) is 2.86. The Labute approximate surface area is 113 Å². The molecule has 1 aliphatic rings. The van der Waals surface area contributed by atoms with E-state index in [0.29, 0.717) is 12.0 Å². The molecule has 0 aromatic rings. The van der Waals surface area contributed by atoms with Gasteiger partial charge in [-0.25, -0.2) is 0 Å². The summed E-state index contributed by atoms with van der Waals surface area (Å²) < 4.78 is 5.21. The first kappa shape index (κ1) is 17.1. The Bertz CT molecular complexity index is 309. The summed E-state index contributed by atoms with van der Waals surface area (Å²) in [6.45, 7) is 11.2. The fourth-order valence-electron chi connectivity index (χ4n) is 1.62. The number of rotatable bonds is 6. The summed E-state index contributed by atoms with van der Waals surface area (Å²) in [5.74, 6) is 0. The van der Waals surface area contributed by atoms with Gasteiger partial charge in [0.2, 0.25) is 0 Å². The van der Waals surface area contributed by atoms with E-state index in [9.17, 15) is 0 Å². The molecule has 18 heavy (non-hydrogen) atoms. The Hall–Kier alpha value is -0.890. The summed E-state index contributed by atoms with van der Waals surface area (Å²) in [4.78, 5) is 4.50. The zero-order valence-electron chi connectivity index (χ0n) is 12.9. The lowest BCUT2D eigenvalue weighted by atomic mass is 9.98. The molecule has 0 spiro atoms. The van der Waals surface area contributed by atoms with Crippen molar-refractivity contribution < 1.29 is 4.74 Å². The van der Waals surface area contributed by atoms with Crippen LogP contribution < -0.4 is 0 Å². The highest BCUT2D eigenvalue weighted by Crippen LogP contribution is 2.52. The van der Waals surface area contributed by atoms with E-state index in [0.717, 1.165) is 12.1 Å². The average Bonchev–Trinajstić information content (AvgIpc) is 3.14. The normalized spacial score (nSPS) is 18.6. The monoisotopic (exact) mass is 251 g/mol. The third kappa shape index (κ3) is 5.63. The van der Waals surface area contributed by atoms with Crippen molar-refractivity contribution >= 4 is 6.21 Å². The van der Waals surface area contributed by atoms with E-state index < -0.39 is 0 Å². The fourth-order valence-corrected chi connectivity index (χ4v) is 1.62. The Morgan fingerprint density at radius 3 is 2.39 bits per heavy atom. The smallest absolute Gasteiger partial charge is 0.0883 e. The number of nitrogens with zero attached hydrogens (tertiary/aromatic N) is 1. The zero-order valence-corrected chi connectivity index (χ0v) is 12.9. The molecule has 0 bridgehead atoms. The van der Waals surface area contributed by atoms with Gasteiger partial charge in [0.25, 0.3) is 0 Å². The predicted octanol–water partition coefficient (Wildman–Crippen LogP) is 4.77. The van der Waals surface area contributed by atoms with E-state index >= 15 is 0 Å². The van der Waals surface area contributed by atoms with Gasteiger partial charge in [-0.15, -0.1) is 0 Å². The van der Waals surface area contributed by atoms with Crippen molar-refractivity contribution in [3.8, 4) is 0 Å². The van der Waals surface area contributed by atoms with Crippen LogP contribution in [0, 0.1) is 5.41 Å². The highest BCUT2D eigenvalue weighted by Gasteiger charge is 2.40. The third-order valence-electron chi connectivity index (χ3n) is 3.31. The van der Waals surface area contributed by atoms with Crippen LogP contribution in [0.2, 0.25) is 0 Å². The maximum absolute atomic E-state index is 5.21. The molecule has 1 fully saturated rings. The Kier molecular flexibility index (Phi) is 8.65. The van der Waals surface area contributed by atoms with E-state index in [1.54, 1.807) is 7.11 Å². The van der Waals surface area contributed by atoms with E-state index in [4.69, 9.17) is 4.74 Å². The van der Waals surface area contributed by atoms with Gasteiger partial charge in [0.15, 0.2) is 0 Å². The summed E-state index contributed by atoms with van der Waals surface area (Å²) in [6.07, 6.45) is 9.58. The molecule has 0 aliphatic heterocycles. The third-order valence-corrected chi connectivity index (χ3v) is 3.31. The van der Waals surface area contributed by atoms with Crippen LogP contribution in [0.1, 0.15) is 53.9 Å². The molecular formula is C16H29NO. The molecule has 0 saturated heterocycles. The average molecular weight is 251 g/mol. The van der Waals surface area contributed by atoms with Crippen LogP contribution in [-0.2, 0) is 4.74 Å². The Morgan fingerprint density at radius 2 is 1.94 bits per heavy atom. The van der Waals surface area contributed by atoms with Crippen LogP contribution in [-0.4, -0.2) is 19.9 Å². The van der Waals surface area contributed by atoms with Crippen molar-refractivity contribution in [2.45, 2.75) is 53.9 Å². The van der Waals surface area contributed by atoms with Crippen molar-refractivity contribution in [1.29, 1.82) is 0 Å². The number of methoxy groups -OCH3 is 1. The van der Waals surface area contributed by atoms with Gasteiger partial charge in [0, 0.05) is 13.3 Å². The lowest BCUT2D eigenvalue weighted by Crippen LogP contribution is -2.03. The molecule has 0 aromatic heterocycles. The second-order valence-corrected chi connectivity index (χ2v) is 4.68. The zero-order chi connectivity index (χ0) is 14.0. The summed E-state index contributed by atoms with van der Waals surface area (Å²) in [5, 5.41) is 0. The first-order valence-corrected chi connectivity index (χ1v) is 7.02. The van der Waals surface area contributed by atoms with Gasteiger partial charge in [-0.2, -0.15) is 0 Å². The molecular weight excluding hydrogens is 222 g/mol. The van der Waals surface area contributed by atoms with Gasteiger partial charge < -0.3 is 4.74 Å². The van der Waals surface area contributed by atoms with Crippen molar-refractivity contribution in [2.75, 3.05) is 13.7 Å². The molecule has 104 valence electrons. The summed E-state index contributed by atoms with van der Waals surface area (Å²) >= 11 is 0. The minimum Gasteiger partial charge on any atom is -0.378 e. The molecule has 1 aliphatic carbocycles. The van der Waals surface area contributed by atoms with Crippen LogP contribution >= 0.6 is 0 Å². The molecule has 0 amide bonds. The standard InChI is InChI=1S/C14H23NO.C2H6/c1-5-6-7-10-15-13(11-16-4)12(2)14(3)8-9-14;1-2/h6-7,10H,5,8-9,11H2,1-4H3;1-2H3/b7-6+,13-12+,15-10+;. The van der Waals surface area contributed by atoms with Gasteiger partial charge in [-0.05, 0) is 43.3 Å². The second-order valence-electron chi connectivity index (χ2n) is 4.68. The van der Waals surface area contributed by atoms with Crippen molar-refractivity contribution in [3.63, 3.8) is 0 Å². The largest absolute Gasteiger partial charge is 0.378 e. The van der Waals surface area contributed by atoms with E-state index in [-0.39, 0.29) is 0 Å². The molecule has 0 atom stereocenters. The summed E-state index contributed by atoms with van der Waals surface area (Å²) in [7, 11) is 1.72. The highest BCUT2D eigenvalue weighted by molar-refractivity contribution is 5.72. The van der Waals surface area contributed by atoms with Crippen molar-refractivity contribution in [2.24, 2.45) is 10.4 Å². The molecule has 0 N–H and O–H groups in total. The topological polar surface area (TPSA) is 21.6 Å². The SMILES string of the molecule is CC.CC/C=C/C=N/C(COC)=C(\C)C1(C)CC1. The molecule has 2 nitrogen and oxygen atoms in total. The van der Waals surface area contributed by atoms with Crippen molar-refractivity contribution in [3.05, 3.63) is 23.4 Å². The van der Waals surface area contributed by atoms with E-state index in [1.807, 2.05) is 26.1 Å². The quantitative estimate of drug-likeness (QED) is 0.623. The minimum atomic E-state index is 0.389. The van der Waals surface area contributed by atoms with Gasteiger partial charge in [0.1, 0.15) is 0 Å². The highest BCUT2D eigenvalue weighted by atomic mass is 16.5. The first-order chi connectivity index (χ1) is 8.64. The molecule has 1 rings (SSSR count). The second kappa shape index (κ2) is 9.09. The van der Waals surface area contributed by atoms with Crippen LogP contribution in [0.25, 0.3) is 0 Å². The lowest BCUT2D eigenvalue weighted by molar-refractivity contribution is 0.223. The van der Waals surface area contributed by atoms with E-state index in [1.165, 1.54) is 18.4 Å². The molecule has 0 unspecified atom stereocenters. The molecule has 0 aromatic carbocycles. The van der Waals surface area contributed by atoms with Crippen LogP contribution in [0.4, 0.5) is 0 Å². The number of allylic oxidation sites excluding steroid dienone is 3. The number of hydrogen-bond acceptors (Lipinski definition) is 2. The lowest BCUT2D eigenvalue weighted by Gasteiger charge is -2.12. The Balaban J connectivity index is 0.00000137. The number of ether oxygens (including phenoxy) is 1. The van der Waals surface area contributed by atoms with Gasteiger partial charge >= 0.3 is 0 Å². The number of hydrogen-bond donors (Lipinski definition) is 0. The molecule has 1 saturated carbocycles. The fraction of sp³-hybridized carbons (Fsp3) is 0.688. The number of aliphatic imine (C=N–C) groups is 1. The van der Waals surface area contributed by atoms with Crippen LogP contribution in [0.5, 0.6) is 0 Å². The van der Waals surface area contributed by atoms with Gasteiger partial charge in [0.05, 0.1) is 12.3 Å². The minimum absolute atomic E-state index is 0.389. The predicted molar refractivity (Wildman–Crippen MR) is 81.2 cm³/mol. The first-order valence-electron chi connectivity index (χ1n) is 7.02. The molecule has 0 heterocycles. The molecule has 2 heteroatoms.